The number of nitrogens with zero attached hydrogens (tertiary/aromatic N) is 3. The molecule has 0 radical (unpaired) electrons. The zero-order valence-corrected chi connectivity index (χ0v) is 9.28. The summed E-state index contributed by atoms with van der Waals surface area (Å²) in [5.74, 6) is 0.643. The van der Waals surface area contributed by atoms with E-state index in [2.05, 4.69) is 21.9 Å². The molecule has 1 aliphatic heterocycles. The Morgan fingerprint density at radius 3 is 2.67 bits per heavy atom. The Kier molecular flexibility index (Phi) is 2.73. The van der Waals surface area contributed by atoms with Gasteiger partial charge in [-0.25, -0.2) is 0 Å². The van der Waals surface area contributed by atoms with E-state index < -0.39 is 0 Å². The quantitative estimate of drug-likeness (QED) is 0.709. The van der Waals surface area contributed by atoms with E-state index in [0.717, 1.165) is 30.8 Å². The highest BCUT2D eigenvalue weighted by Gasteiger charge is 2.21. The highest BCUT2D eigenvalue weighted by Crippen LogP contribution is 2.26. The molecule has 0 saturated carbocycles. The zero-order chi connectivity index (χ0) is 10.8. The van der Waals surface area contributed by atoms with E-state index in [-0.39, 0.29) is 0 Å². The van der Waals surface area contributed by atoms with E-state index >= 15 is 0 Å². The third kappa shape index (κ3) is 1.87. The first-order valence-electron chi connectivity index (χ1n) is 4.91. The van der Waals surface area contributed by atoms with Crippen molar-refractivity contribution < 1.29 is 9.47 Å². The van der Waals surface area contributed by atoms with Gasteiger partial charge in [-0.3, -0.25) is 0 Å². The first-order chi connectivity index (χ1) is 7.24. The molecule has 0 saturated heterocycles. The van der Waals surface area contributed by atoms with Gasteiger partial charge in [0.1, 0.15) is 0 Å². The van der Waals surface area contributed by atoms with Crippen LogP contribution in [0.1, 0.15) is 11.3 Å². The summed E-state index contributed by atoms with van der Waals surface area (Å²) in [7, 11) is 5.26. The molecule has 0 aromatic carbocycles. The Labute approximate surface area is 89.0 Å². The second-order valence-corrected chi connectivity index (χ2v) is 3.63. The maximum absolute atomic E-state index is 5.24. The number of methoxy groups -OCH3 is 2. The molecule has 0 aliphatic carbocycles. The van der Waals surface area contributed by atoms with Crippen molar-refractivity contribution in [2.45, 2.75) is 13.0 Å². The molecule has 2 rings (SSSR count). The summed E-state index contributed by atoms with van der Waals surface area (Å²) in [6, 6.07) is 0.376. The van der Waals surface area contributed by atoms with Crippen LogP contribution in [-0.4, -0.2) is 42.7 Å². The zero-order valence-electron chi connectivity index (χ0n) is 9.28. The van der Waals surface area contributed by atoms with E-state index in [4.69, 9.17) is 9.47 Å². The average Bonchev–Trinajstić information content (AvgIpc) is 2.26. The van der Waals surface area contributed by atoms with Crippen LogP contribution < -0.4 is 9.47 Å². The molecule has 2 heterocycles. The summed E-state index contributed by atoms with van der Waals surface area (Å²) < 4.78 is 10.3. The molecule has 0 N–H and O–H groups in total. The fraction of sp³-hybridized carbons (Fsp3) is 0.600. The lowest BCUT2D eigenvalue weighted by Gasteiger charge is -2.24. The lowest BCUT2D eigenvalue weighted by Crippen LogP contribution is -2.28. The number of fused-ring (bicyclic) bond motifs is 1. The van der Waals surface area contributed by atoms with Crippen LogP contribution in [0.25, 0.3) is 0 Å². The van der Waals surface area contributed by atoms with Gasteiger partial charge in [-0.05, 0) is 13.5 Å². The van der Waals surface area contributed by atoms with Crippen LogP contribution in [0.3, 0.4) is 0 Å². The predicted molar refractivity (Wildman–Crippen MR) is 55.2 cm³/mol. The smallest absolute Gasteiger partial charge is 0.319 e. The summed E-state index contributed by atoms with van der Waals surface area (Å²) in [5, 5.41) is 0. The first-order valence-corrected chi connectivity index (χ1v) is 4.91. The second kappa shape index (κ2) is 4.02. The Hall–Kier alpha value is -1.36. The maximum Gasteiger partial charge on any atom is 0.319 e. The SMILES string of the molecule is COc1nc2c(c(OC)n1)CCN(C)C2. The van der Waals surface area contributed by atoms with Gasteiger partial charge in [0.25, 0.3) is 0 Å². The Bertz CT molecular complexity index is 368. The van der Waals surface area contributed by atoms with Gasteiger partial charge in [0.2, 0.25) is 5.88 Å². The molecule has 5 heteroatoms. The van der Waals surface area contributed by atoms with Crippen LogP contribution in [0.2, 0.25) is 0 Å². The topological polar surface area (TPSA) is 47.5 Å². The van der Waals surface area contributed by atoms with Crippen LogP contribution >= 0.6 is 0 Å². The Morgan fingerprint density at radius 2 is 2.00 bits per heavy atom. The van der Waals surface area contributed by atoms with Crippen LogP contribution in [-0.2, 0) is 13.0 Å². The molecule has 0 bridgehead atoms. The number of aromatic nitrogens is 2. The lowest BCUT2D eigenvalue weighted by molar-refractivity contribution is 0.287. The van der Waals surface area contributed by atoms with Gasteiger partial charge in [-0.1, -0.05) is 0 Å². The van der Waals surface area contributed by atoms with Crippen LogP contribution in [0.5, 0.6) is 11.9 Å². The average molecular weight is 209 g/mol. The van der Waals surface area contributed by atoms with Gasteiger partial charge in [0.15, 0.2) is 0 Å². The molecule has 82 valence electrons. The van der Waals surface area contributed by atoms with Crippen molar-refractivity contribution in [3.63, 3.8) is 0 Å². The van der Waals surface area contributed by atoms with E-state index in [9.17, 15) is 0 Å². The third-order valence-corrected chi connectivity index (χ3v) is 2.57. The van der Waals surface area contributed by atoms with E-state index in [0.29, 0.717) is 11.9 Å². The molecule has 0 atom stereocenters. The Balaban J connectivity index is 2.44. The third-order valence-electron chi connectivity index (χ3n) is 2.57. The van der Waals surface area contributed by atoms with Crippen molar-refractivity contribution in [3.05, 3.63) is 11.3 Å². The molecular formula is C10H15N3O2. The van der Waals surface area contributed by atoms with Crippen LogP contribution in [0.4, 0.5) is 0 Å². The number of hydrogen-bond donors (Lipinski definition) is 0. The van der Waals surface area contributed by atoms with Crippen molar-refractivity contribution in [1.82, 2.24) is 14.9 Å². The molecule has 1 aliphatic rings. The minimum atomic E-state index is 0.376. The Morgan fingerprint density at radius 1 is 1.20 bits per heavy atom. The number of ether oxygens (including phenoxy) is 2. The van der Waals surface area contributed by atoms with E-state index in [1.54, 1.807) is 14.2 Å². The molecule has 1 aromatic rings. The summed E-state index contributed by atoms with van der Waals surface area (Å²) in [4.78, 5) is 10.7. The fourth-order valence-corrected chi connectivity index (χ4v) is 1.77. The largest absolute Gasteiger partial charge is 0.481 e. The predicted octanol–water partition coefficient (Wildman–Crippen LogP) is 0.482. The van der Waals surface area contributed by atoms with Crippen molar-refractivity contribution in [2.24, 2.45) is 0 Å². The lowest BCUT2D eigenvalue weighted by atomic mass is 10.1. The molecule has 0 spiro atoms. The van der Waals surface area contributed by atoms with Gasteiger partial charge < -0.3 is 14.4 Å². The molecule has 15 heavy (non-hydrogen) atoms. The molecule has 0 amide bonds. The molecule has 5 nitrogen and oxygen atoms in total. The fourth-order valence-electron chi connectivity index (χ4n) is 1.77. The monoisotopic (exact) mass is 209 g/mol. The minimum absolute atomic E-state index is 0.376. The second-order valence-electron chi connectivity index (χ2n) is 3.63. The van der Waals surface area contributed by atoms with Crippen LogP contribution in [0.15, 0.2) is 0 Å². The van der Waals surface area contributed by atoms with Crippen molar-refractivity contribution in [1.29, 1.82) is 0 Å². The van der Waals surface area contributed by atoms with Gasteiger partial charge in [0, 0.05) is 18.7 Å². The number of hydrogen-bond acceptors (Lipinski definition) is 5. The van der Waals surface area contributed by atoms with Gasteiger partial charge in [-0.2, -0.15) is 9.97 Å². The van der Waals surface area contributed by atoms with E-state index in [1.807, 2.05) is 0 Å². The standard InChI is InChI=1S/C10H15N3O2/c1-13-5-4-7-8(6-13)11-10(15-3)12-9(7)14-2/h4-6H2,1-3H3. The highest BCUT2D eigenvalue weighted by molar-refractivity contribution is 5.34. The molecule has 0 fully saturated rings. The first kappa shape index (κ1) is 10.2. The normalized spacial score (nSPS) is 15.9. The van der Waals surface area contributed by atoms with E-state index in [1.165, 1.54) is 0 Å². The summed E-state index contributed by atoms with van der Waals surface area (Å²) in [5.41, 5.74) is 2.11. The van der Waals surface area contributed by atoms with Crippen LogP contribution in [0, 0.1) is 0 Å². The molecule has 1 aromatic heterocycles. The maximum atomic E-state index is 5.24. The van der Waals surface area contributed by atoms with Gasteiger partial charge >= 0.3 is 6.01 Å². The molecular weight excluding hydrogens is 194 g/mol. The van der Waals surface area contributed by atoms with Gasteiger partial charge in [-0.15, -0.1) is 0 Å². The van der Waals surface area contributed by atoms with Crippen molar-refractivity contribution in [2.75, 3.05) is 27.8 Å². The summed E-state index contributed by atoms with van der Waals surface area (Å²) in [6.07, 6.45) is 0.930. The number of likely N-dealkylation sites (N-methyl/N-ethyl adjacent to an activating group) is 1. The number of rotatable bonds is 2. The summed E-state index contributed by atoms with van der Waals surface area (Å²) in [6.45, 7) is 1.84. The van der Waals surface area contributed by atoms with Crippen molar-refractivity contribution in [3.8, 4) is 11.9 Å². The summed E-state index contributed by atoms with van der Waals surface area (Å²) >= 11 is 0. The van der Waals surface area contributed by atoms with Gasteiger partial charge in [0.05, 0.1) is 19.9 Å². The van der Waals surface area contributed by atoms with Crippen molar-refractivity contribution >= 4 is 0 Å². The highest BCUT2D eigenvalue weighted by atomic mass is 16.5. The minimum Gasteiger partial charge on any atom is -0.481 e. The molecule has 0 unspecified atom stereocenters.